The number of hydrogen-bond acceptors (Lipinski definition) is 5. The maximum Gasteiger partial charge on any atom is 0.309 e. The zero-order chi connectivity index (χ0) is 20.9. The summed E-state index contributed by atoms with van der Waals surface area (Å²) in [6.07, 6.45) is 5.77. The molecular weight excluding hydrogens is 398 g/mol. The van der Waals surface area contributed by atoms with Gasteiger partial charge >= 0.3 is 5.97 Å². The van der Waals surface area contributed by atoms with Crippen LogP contribution >= 0.6 is 11.8 Å². The van der Waals surface area contributed by atoms with Crippen LogP contribution in [0.1, 0.15) is 44.0 Å². The fourth-order valence-corrected chi connectivity index (χ4v) is 5.25. The number of hydrogen-bond donors (Lipinski definition) is 0. The minimum Gasteiger partial charge on any atom is -0.466 e. The van der Waals surface area contributed by atoms with E-state index in [9.17, 15) is 9.59 Å². The molecule has 0 saturated carbocycles. The molecule has 1 saturated heterocycles. The molecule has 6 nitrogen and oxygen atoms in total. The molecule has 7 heteroatoms. The SMILES string of the molecule is CCOC(=O)C1CCN(C(=O)CSc2nc3c(n2-c2ccccc2)CCCC3)CC1. The average molecular weight is 428 g/mol. The standard InChI is InChI=1S/C23H29N3O3S/c1-2-29-22(28)17-12-14-25(15-13-17)21(27)16-30-23-24-19-10-6-7-11-20(19)26(23)18-8-4-3-5-9-18/h3-5,8-9,17H,2,6-7,10-16H2,1H3. The monoisotopic (exact) mass is 427 g/mol. The average Bonchev–Trinajstić information content (AvgIpc) is 3.16. The Morgan fingerprint density at radius 2 is 1.87 bits per heavy atom. The third kappa shape index (κ3) is 4.56. The molecule has 160 valence electrons. The Bertz CT molecular complexity index is 889. The molecule has 4 rings (SSSR count). The first kappa shape index (κ1) is 21.0. The van der Waals surface area contributed by atoms with Crippen LogP contribution in [0, 0.1) is 5.92 Å². The number of thioether (sulfide) groups is 1. The lowest BCUT2D eigenvalue weighted by Crippen LogP contribution is -2.41. The highest BCUT2D eigenvalue weighted by molar-refractivity contribution is 7.99. The molecule has 0 N–H and O–H groups in total. The number of benzene rings is 1. The normalized spacial score (nSPS) is 16.9. The van der Waals surface area contributed by atoms with Crippen LogP contribution in [-0.4, -0.2) is 51.8 Å². The van der Waals surface area contributed by atoms with Crippen LogP contribution < -0.4 is 0 Å². The first-order valence-corrected chi connectivity index (χ1v) is 11.9. The Morgan fingerprint density at radius 3 is 2.60 bits per heavy atom. The molecular formula is C23H29N3O3S. The Morgan fingerprint density at radius 1 is 1.13 bits per heavy atom. The number of ether oxygens (including phenoxy) is 1. The van der Waals surface area contributed by atoms with Crippen molar-refractivity contribution in [2.75, 3.05) is 25.4 Å². The third-order valence-electron chi connectivity index (χ3n) is 5.91. The number of rotatable bonds is 6. The van der Waals surface area contributed by atoms with Gasteiger partial charge in [0.25, 0.3) is 0 Å². The Kier molecular flexibility index (Phi) is 6.77. The number of para-hydroxylation sites is 1. The molecule has 1 amide bonds. The third-order valence-corrected chi connectivity index (χ3v) is 6.83. The summed E-state index contributed by atoms with van der Waals surface area (Å²) in [4.78, 5) is 31.5. The molecule has 1 aromatic heterocycles. The van der Waals surface area contributed by atoms with E-state index in [1.165, 1.54) is 36.0 Å². The van der Waals surface area contributed by atoms with Crippen molar-refractivity contribution in [1.82, 2.24) is 14.5 Å². The topological polar surface area (TPSA) is 64.4 Å². The smallest absolute Gasteiger partial charge is 0.309 e. The number of esters is 1. The fraction of sp³-hybridized carbons (Fsp3) is 0.522. The number of fused-ring (bicyclic) bond motifs is 1. The van der Waals surface area contributed by atoms with Gasteiger partial charge < -0.3 is 9.64 Å². The van der Waals surface area contributed by atoms with E-state index >= 15 is 0 Å². The van der Waals surface area contributed by atoms with E-state index in [-0.39, 0.29) is 17.8 Å². The molecule has 2 aromatic rings. The second-order valence-electron chi connectivity index (χ2n) is 7.86. The van der Waals surface area contributed by atoms with E-state index in [0.717, 1.165) is 23.7 Å². The minimum atomic E-state index is -0.130. The van der Waals surface area contributed by atoms with Crippen LogP contribution in [-0.2, 0) is 27.2 Å². The largest absolute Gasteiger partial charge is 0.466 e. The van der Waals surface area contributed by atoms with E-state index in [0.29, 0.717) is 38.3 Å². The Balaban J connectivity index is 1.41. The molecule has 30 heavy (non-hydrogen) atoms. The summed E-state index contributed by atoms with van der Waals surface area (Å²) in [5.41, 5.74) is 3.58. The molecule has 1 aliphatic heterocycles. The lowest BCUT2D eigenvalue weighted by molar-refractivity contribution is -0.151. The second kappa shape index (κ2) is 9.69. The first-order valence-electron chi connectivity index (χ1n) is 10.9. The zero-order valence-corrected chi connectivity index (χ0v) is 18.3. The number of carbonyl (C=O) groups is 2. The van der Waals surface area contributed by atoms with Crippen molar-refractivity contribution in [2.45, 2.75) is 50.6 Å². The van der Waals surface area contributed by atoms with Gasteiger partial charge in [0, 0.05) is 24.5 Å². The lowest BCUT2D eigenvalue weighted by atomic mass is 9.97. The second-order valence-corrected chi connectivity index (χ2v) is 8.80. The number of aromatic nitrogens is 2. The molecule has 2 heterocycles. The fourth-order valence-electron chi connectivity index (χ4n) is 4.30. The van der Waals surface area contributed by atoms with Gasteiger partial charge in [-0.2, -0.15) is 0 Å². The van der Waals surface area contributed by atoms with E-state index < -0.39 is 0 Å². The van der Waals surface area contributed by atoms with Crippen LogP contribution in [0.4, 0.5) is 0 Å². The molecule has 0 atom stereocenters. The van der Waals surface area contributed by atoms with Crippen molar-refractivity contribution in [3.8, 4) is 5.69 Å². The molecule has 0 bridgehead atoms. The summed E-state index contributed by atoms with van der Waals surface area (Å²) in [6, 6.07) is 10.3. The first-order chi connectivity index (χ1) is 14.7. The highest BCUT2D eigenvalue weighted by Crippen LogP contribution is 2.31. The molecule has 2 aliphatic rings. The maximum atomic E-state index is 12.8. The highest BCUT2D eigenvalue weighted by atomic mass is 32.2. The summed E-state index contributed by atoms with van der Waals surface area (Å²) in [5, 5.41) is 0.905. The summed E-state index contributed by atoms with van der Waals surface area (Å²) < 4.78 is 7.36. The van der Waals surface area contributed by atoms with Crippen LogP contribution in [0.25, 0.3) is 5.69 Å². The number of likely N-dealkylation sites (tertiary alicyclic amines) is 1. The van der Waals surface area contributed by atoms with Gasteiger partial charge in [0.1, 0.15) is 0 Å². The maximum absolute atomic E-state index is 12.8. The van der Waals surface area contributed by atoms with E-state index in [2.05, 4.69) is 16.7 Å². The highest BCUT2D eigenvalue weighted by Gasteiger charge is 2.29. The predicted molar refractivity (Wildman–Crippen MR) is 117 cm³/mol. The number of aryl methyl sites for hydroxylation is 1. The molecule has 1 aromatic carbocycles. The van der Waals surface area contributed by atoms with Crippen molar-refractivity contribution >= 4 is 23.6 Å². The van der Waals surface area contributed by atoms with Crippen LogP contribution in [0.5, 0.6) is 0 Å². The Hall–Kier alpha value is -2.28. The number of imidazole rings is 1. The minimum absolute atomic E-state index is 0.0784. The van der Waals surface area contributed by atoms with Gasteiger partial charge in [-0.15, -0.1) is 0 Å². The molecule has 0 radical (unpaired) electrons. The van der Waals surface area contributed by atoms with Gasteiger partial charge in [-0.05, 0) is 57.6 Å². The van der Waals surface area contributed by atoms with Crippen molar-refractivity contribution in [3.63, 3.8) is 0 Å². The molecule has 1 aliphatic carbocycles. The lowest BCUT2D eigenvalue weighted by Gasteiger charge is -2.30. The van der Waals surface area contributed by atoms with Crippen LogP contribution in [0.3, 0.4) is 0 Å². The summed E-state index contributed by atoms with van der Waals surface area (Å²) in [6.45, 7) is 3.47. The van der Waals surface area contributed by atoms with Crippen LogP contribution in [0.2, 0.25) is 0 Å². The van der Waals surface area contributed by atoms with Gasteiger partial charge in [0.05, 0.1) is 24.0 Å². The molecule has 1 fully saturated rings. The van der Waals surface area contributed by atoms with Gasteiger partial charge in [-0.3, -0.25) is 14.2 Å². The van der Waals surface area contributed by atoms with E-state index in [1.807, 2.05) is 30.0 Å². The predicted octanol–water partition coefficient (Wildman–Crippen LogP) is 3.64. The van der Waals surface area contributed by atoms with Crippen LogP contribution in [0.15, 0.2) is 35.5 Å². The Labute approximate surface area is 182 Å². The zero-order valence-electron chi connectivity index (χ0n) is 17.5. The number of piperidine rings is 1. The van der Waals surface area contributed by atoms with Crippen molar-refractivity contribution in [2.24, 2.45) is 5.92 Å². The van der Waals surface area contributed by atoms with Gasteiger partial charge in [0.15, 0.2) is 5.16 Å². The van der Waals surface area contributed by atoms with E-state index in [1.54, 1.807) is 0 Å². The van der Waals surface area contributed by atoms with Crippen molar-refractivity contribution < 1.29 is 14.3 Å². The molecule has 0 spiro atoms. The van der Waals surface area contributed by atoms with Crippen molar-refractivity contribution in [3.05, 3.63) is 41.7 Å². The number of carbonyl (C=O) groups excluding carboxylic acids is 2. The summed E-state index contributed by atoms with van der Waals surface area (Å²) in [5.74, 6) is 0.273. The number of nitrogens with zero attached hydrogens (tertiary/aromatic N) is 3. The quantitative estimate of drug-likeness (QED) is 0.520. The van der Waals surface area contributed by atoms with Crippen molar-refractivity contribution in [1.29, 1.82) is 0 Å². The number of amides is 1. The van der Waals surface area contributed by atoms with Gasteiger partial charge in [-0.25, -0.2) is 4.98 Å². The van der Waals surface area contributed by atoms with Gasteiger partial charge in [0.2, 0.25) is 5.91 Å². The summed E-state index contributed by atoms with van der Waals surface area (Å²) >= 11 is 1.52. The summed E-state index contributed by atoms with van der Waals surface area (Å²) in [7, 11) is 0. The molecule has 0 unspecified atom stereocenters. The van der Waals surface area contributed by atoms with Gasteiger partial charge in [-0.1, -0.05) is 30.0 Å². The van der Waals surface area contributed by atoms with E-state index in [4.69, 9.17) is 9.72 Å².